The van der Waals surface area contributed by atoms with Crippen molar-refractivity contribution in [1.29, 1.82) is 0 Å². The van der Waals surface area contributed by atoms with Crippen LogP contribution in [0.4, 0.5) is 10.8 Å². The summed E-state index contributed by atoms with van der Waals surface area (Å²) in [5, 5.41) is 12.0. The van der Waals surface area contributed by atoms with Gasteiger partial charge in [-0.1, -0.05) is 65.7 Å². The molecule has 0 radical (unpaired) electrons. The first-order valence-electron chi connectivity index (χ1n) is 13.2. The van der Waals surface area contributed by atoms with Crippen LogP contribution in [0.5, 0.6) is 0 Å². The monoisotopic (exact) mass is 658 g/mol. The summed E-state index contributed by atoms with van der Waals surface area (Å²) < 4.78 is 0. The second-order valence-electron chi connectivity index (χ2n) is 9.29. The molecule has 3 N–H and O–H groups in total. The van der Waals surface area contributed by atoms with E-state index in [1.807, 2.05) is 23.6 Å². The van der Waals surface area contributed by atoms with Crippen molar-refractivity contribution < 1.29 is 14.4 Å². The molecule has 5 aromatic rings. The number of thioether (sulfide) groups is 1. The van der Waals surface area contributed by atoms with Gasteiger partial charge in [-0.3, -0.25) is 14.4 Å². The summed E-state index contributed by atoms with van der Waals surface area (Å²) in [5.41, 5.74) is 3.38. The van der Waals surface area contributed by atoms with Gasteiger partial charge in [-0.25, -0.2) is 4.98 Å². The highest BCUT2D eigenvalue weighted by Gasteiger charge is 2.15. The Balaban J connectivity index is 1.18. The number of anilines is 2. The first-order valence-corrected chi connectivity index (χ1v) is 15.8. The maximum absolute atomic E-state index is 13.2. The number of nitrogens with one attached hydrogen (secondary N) is 3. The lowest BCUT2D eigenvalue weighted by Gasteiger charge is -2.12. The van der Waals surface area contributed by atoms with Crippen molar-refractivity contribution in [2.45, 2.75) is 4.90 Å². The van der Waals surface area contributed by atoms with Crippen LogP contribution in [0.15, 0.2) is 119 Å². The molecule has 0 saturated heterocycles. The summed E-state index contributed by atoms with van der Waals surface area (Å²) in [6.45, 7) is 0. The Labute approximate surface area is 272 Å². The Morgan fingerprint density at radius 3 is 2.14 bits per heavy atom. The number of benzene rings is 4. The predicted molar refractivity (Wildman–Crippen MR) is 180 cm³/mol. The van der Waals surface area contributed by atoms with Gasteiger partial charge in [0.2, 0.25) is 5.91 Å². The zero-order valence-corrected chi connectivity index (χ0v) is 26.1. The molecule has 0 atom stereocenters. The SMILES string of the molecule is O=C(CSc1ccc(NC(=O)/C(=C/c2ccc(Cl)cc2)NC(=O)c2ccccc2)cc1)Nc1nc(-c2ccc(Cl)cc2)cs1. The Bertz CT molecular complexity index is 1790. The molecular weight excluding hydrogens is 635 g/mol. The molecule has 1 aromatic heterocycles. The molecule has 0 aliphatic rings. The van der Waals surface area contributed by atoms with E-state index in [1.165, 1.54) is 23.1 Å². The fourth-order valence-corrected chi connectivity index (χ4v) is 5.58. The molecule has 11 heteroatoms. The van der Waals surface area contributed by atoms with Gasteiger partial charge in [0.1, 0.15) is 5.70 Å². The molecule has 220 valence electrons. The first kappa shape index (κ1) is 31.0. The molecule has 0 spiro atoms. The van der Waals surface area contributed by atoms with Crippen LogP contribution in [0.3, 0.4) is 0 Å². The van der Waals surface area contributed by atoms with E-state index in [2.05, 4.69) is 20.9 Å². The third-order valence-corrected chi connectivity index (χ3v) is 8.36. The molecule has 44 heavy (non-hydrogen) atoms. The third-order valence-electron chi connectivity index (χ3n) is 6.08. The number of halogens is 2. The van der Waals surface area contributed by atoms with E-state index in [0.29, 0.717) is 32.0 Å². The molecule has 5 rings (SSSR count). The van der Waals surface area contributed by atoms with E-state index in [-0.39, 0.29) is 17.4 Å². The first-order chi connectivity index (χ1) is 21.3. The molecule has 0 fully saturated rings. The van der Waals surface area contributed by atoms with E-state index in [4.69, 9.17) is 23.2 Å². The van der Waals surface area contributed by atoms with Crippen LogP contribution in [0.2, 0.25) is 10.0 Å². The van der Waals surface area contributed by atoms with Gasteiger partial charge in [0.05, 0.1) is 11.4 Å². The van der Waals surface area contributed by atoms with Gasteiger partial charge in [0.15, 0.2) is 5.13 Å². The molecule has 0 aliphatic carbocycles. The van der Waals surface area contributed by atoms with E-state index >= 15 is 0 Å². The summed E-state index contributed by atoms with van der Waals surface area (Å²) in [5.74, 6) is -0.910. The standard InChI is InChI=1S/C33H24Cl2N4O3S2/c34-24-10-6-21(7-11-24)18-28(37-31(41)23-4-2-1-3-5-23)32(42)36-26-14-16-27(17-15-26)43-20-30(40)39-33-38-29(19-44-33)22-8-12-25(35)13-9-22/h1-19H,20H2,(H,36,42)(H,37,41)(H,38,39,40)/b28-18-. The highest BCUT2D eigenvalue weighted by Crippen LogP contribution is 2.27. The molecule has 0 aliphatic heterocycles. The van der Waals surface area contributed by atoms with Crippen LogP contribution in [0.1, 0.15) is 15.9 Å². The molecule has 7 nitrogen and oxygen atoms in total. The summed E-state index contributed by atoms with van der Waals surface area (Å²) in [6, 6.07) is 30.0. The fraction of sp³-hybridized carbons (Fsp3) is 0.0303. The van der Waals surface area contributed by atoms with Gasteiger partial charge < -0.3 is 16.0 Å². The van der Waals surface area contributed by atoms with Gasteiger partial charge in [0.25, 0.3) is 11.8 Å². The maximum atomic E-state index is 13.2. The minimum atomic E-state index is -0.495. The summed E-state index contributed by atoms with van der Waals surface area (Å²) >= 11 is 14.7. The zero-order valence-electron chi connectivity index (χ0n) is 22.9. The van der Waals surface area contributed by atoms with E-state index < -0.39 is 11.8 Å². The van der Waals surface area contributed by atoms with E-state index in [1.54, 1.807) is 91.0 Å². The van der Waals surface area contributed by atoms with Gasteiger partial charge in [-0.2, -0.15) is 0 Å². The molecule has 0 unspecified atom stereocenters. The Hall–Kier alpha value is -4.41. The number of carbonyl (C=O) groups is 3. The van der Waals surface area contributed by atoms with Gasteiger partial charge in [-0.15, -0.1) is 23.1 Å². The van der Waals surface area contributed by atoms with Crippen molar-refractivity contribution >= 4 is 80.9 Å². The molecule has 4 aromatic carbocycles. The quantitative estimate of drug-likeness (QED) is 0.104. The second kappa shape index (κ2) is 14.9. The molecule has 0 saturated carbocycles. The van der Waals surface area contributed by atoms with Crippen LogP contribution in [0, 0.1) is 0 Å². The molecular formula is C33H24Cl2N4O3S2. The zero-order chi connectivity index (χ0) is 30.9. The van der Waals surface area contributed by atoms with E-state index in [0.717, 1.165) is 16.2 Å². The van der Waals surface area contributed by atoms with Gasteiger partial charge in [0, 0.05) is 37.1 Å². The molecule has 0 bridgehead atoms. The Morgan fingerprint density at radius 1 is 0.795 bits per heavy atom. The number of thiazole rings is 1. The normalized spacial score (nSPS) is 11.1. The van der Waals surface area contributed by atoms with E-state index in [9.17, 15) is 14.4 Å². The third kappa shape index (κ3) is 8.81. The van der Waals surface area contributed by atoms with Crippen molar-refractivity contribution in [3.8, 4) is 11.3 Å². The summed E-state index contributed by atoms with van der Waals surface area (Å²) in [7, 11) is 0. The van der Waals surface area contributed by atoms with Gasteiger partial charge >= 0.3 is 0 Å². The highest BCUT2D eigenvalue weighted by molar-refractivity contribution is 8.00. The molecule has 3 amide bonds. The Kier molecular flexibility index (Phi) is 10.5. The number of hydrogen-bond acceptors (Lipinski definition) is 6. The topological polar surface area (TPSA) is 100 Å². The van der Waals surface area contributed by atoms with Crippen LogP contribution < -0.4 is 16.0 Å². The highest BCUT2D eigenvalue weighted by atomic mass is 35.5. The van der Waals surface area contributed by atoms with Crippen molar-refractivity contribution in [3.63, 3.8) is 0 Å². The number of carbonyl (C=O) groups excluding carboxylic acids is 3. The van der Waals surface area contributed by atoms with Crippen molar-refractivity contribution in [1.82, 2.24) is 10.3 Å². The average Bonchev–Trinajstić information content (AvgIpc) is 3.50. The maximum Gasteiger partial charge on any atom is 0.272 e. The lowest BCUT2D eigenvalue weighted by Crippen LogP contribution is -2.30. The lowest BCUT2D eigenvalue weighted by atomic mass is 10.1. The van der Waals surface area contributed by atoms with Crippen LogP contribution in [-0.4, -0.2) is 28.5 Å². The number of nitrogens with zero attached hydrogens (tertiary/aromatic N) is 1. The average molecular weight is 660 g/mol. The van der Waals surface area contributed by atoms with Crippen LogP contribution >= 0.6 is 46.3 Å². The van der Waals surface area contributed by atoms with Gasteiger partial charge in [-0.05, 0) is 72.3 Å². The smallest absolute Gasteiger partial charge is 0.272 e. The minimum Gasteiger partial charge on any atom is -0.321 e. The predicted octanol–water partition coefficient (Wildman–Crippen LogP) is 8.26. The fourth-order valence-electron chi connectivity index (χ4n) is 3.89. The minimum absolute atomic E-state index is 0.0673. The van der Waals surface area contributed by atoms with Crippen molar-refractivity contribution in [2.24, 2.45) is 0 Å². The number of aromatic nitrogens is 1. The van der Waals surface area contributed by atoms with Crippen molar-refractivity contribution in [3.05, 3.63) is 135 Å². The number of amides is 3. The summed E-state index contributed by atoms with van der Waals surface area (Å²) in [6.07, 6.45) is 1.58. The number of hydrogen-bond donors (Lipinski definition) is 3. The lowest BCUT2D eigenvalue weighted by molar-refractivity contribution is -0.114. The van der Waals surface area contributed by atoms with Crippen molar-refractivity contribution in [2.75, 3.05) is 16.4 Å². The molecule has 1 heterocycles. The Morgan fingerprint density at radius 2 is 1.45 bits per heavy atom. The summed E-state index contributed by atoms with van der Waals surface area (Å²) in [4.78, 5) is 43.9. The number of rotatable bonds is 10. The van der Waals surface area contributed by atoms with Crippen LogP contribution in [-0.2, 0) is 9.59 Å². The second-order valence-corrected chi connectivity index (χ2v) is 12.1. The largest absolute Gasteiger partial charge is 0.321 e. The van der Waals surface area contributed by atoms with Crippen LogP contribution in [0.25, 0.3) is 17.3 Å².